The van der Waals surface area contributed by atoms with Crippen molar-refractivity contribution in [1.82, 2.24) is 15.3 Å². The van der Waals surface area contributed by atoms with E-state index in [2.05, 4.69) is 15.3 Å². The lowest BCUT2D eigenvalue weighted by Crippen LogP contribution is -2.27. The maximum atomic E-state index is 5.74. The second-order valence-corrected chi connectivity index (χ2v) is 5.29. The van der Waals surface area contributed by atoms with Gasteiger partial charge >= 0.3 is 6.01 Å². The van der Waals surface area contributed by atoms with E-state index in [0.29, 0.717) is 18.0 Å². The lowest BCUT2D eigenvalue weighted by atomic mass is 9.90. The van der Waals surface area contributed by atoms with Crippen molar-refractivity contribution in [3.63, 3.8) is 0 Å². The lowest BCUT2D eigenvalue weighted by Gasteiger charge is -2.19. The summed E-state index contributed by atoms with van der Waals surface area (Å²) < 4.78 is 5.74. The molecule has 1 N–H and O–H groups in total. The first-order valence-corrected chi connectivity index (χ1v) is 6.42. The van der Waals surface area contributed by atoms with Crippen LogP contribution in [0.4, 0.5) is 0 Å². The minimum absolute atomic E-state index is 0.533. The van der Waals surface area contributed by atoms with Gasteiger partial charge in [0, 0.05) is 29.4 Å². The average molecular weight is 233 g/mol. The first-order chi connectivity index (χ1) is 8.20. The van der Waals surface area contributed by atoms with E-state index in [4.69, 9.17) is 4.74 Å². The van der Waals surface area contributed by atoms with E-state index in [1.54, 1.807) is 0 Å². The number of nitrogens with zero attached hydrogens (tertiary/aromatic N) is 2. The van der Waals surface area contributed by atoms with Gasteiger partial charge in [0.25, 0.3) is 0 Å². The molecule has 3 rings (SSSR count). The Hall–Kier alpha value is -1.16. The molecule has 0 spiro atoms. The Labute approximate surface area is 102 Å². The zero-order valence-electron chi connectivity index (χ0n) is 10.4. The van der Waals surface area contributed by atoms with E-state index in [1.807, 2.05) is 19.9 Å². The van der Waals surface area contributed by atoms with Crippen LogP contribution in [0.1, 0.15) is 30.7 Å². The van der Waals surface area contributed by atoms with E-state index in [0.717, 1.165) is 24.0 Å². The highest BCUT2D eigenvalue weighted by Gasteiger charge is 2.39. The summed E-state index contributed by atoms with van der Waals surface area (Å²) in [7, 11) is 0. The zero-order valence-corrected chi connectivity index (χ0v) is 10.4. The Morgan fingerprint density at radius 3 is 2.65 bits per heavy atom. The van der Waals surface area contributed by atoms with Gasteiger partial charge in [-0.1, -0.05) is 0 Å². The zero-order chi connectivity index (χ0) is 11.8. The summed E-state index contributed by atoms with van der Waals surface area (Å²) in [5, 5.41) is 3.62. The fourth-order valence-corrected chi connectivity index (χ4v) is 3.06. The molecule has 1 aromatic rings. The molecule has 2 fully saturated rings. The van der Waals surface area contributed by atoms with Crippen LogP contribution in [-0.4, -0.2) is 28.7 Å². The van der Waals surface area contributed by atoms with Crippen LogP contribution >= 0.6 is 0 Å². The van der Waals surface area contributed by atoms with Gasteiger partial charge in [0.1, 0.15) is 0 Å². The molecule has 2 aliphatic heterocycles. The Morgan fingerprint density at radius 1 is 1.29 bits per heavy atom. The summed E-state index contributed by atoms with van der Waals surface area (Å²) in [4.78, 5) is 8.61. The van der Waals surface area contributed by atoms with Crippen LogP contribution in [0.2, 0.25) is 0 Å². The lowest BCUT2D eigenvalue weighted by molar-refractivity contribution is 0.208. The SMILES string of the molecule is Cc1cc(C)nc(OCC2CC3CCC2N3)n1. The van der Waals surface area contributed by atoms with Crippen molar-refractivity contribution < 1.29 is 4.74 Å². The highest BCUT2D eigenvalue weighted by Crippen LogP contribution is 2.33. The number of ether oxygens (including phenoxy) is 1. The van der Waals surface area contributed by atoms with E-state index in [1.165, 1.54) is 19.3 Å². The van der Waals surface area contributed by atoms with Gasteiger partial charge in [-0.25, -0.2) is 9.97 Å². The second kappa shape index (κ2) is 4.26. The minimum atomic E-state index is 0.533. The second-order valence-electron chi connectivity index (χ2n) is 5.29. The molecular formula is C13H19N3O. The fourth-order valence-electron chi connectivity index (χ4n) is 3.06. The van der Waals surface area contributed by atoms with Gasteiger partial charge in [-0.2, -0.15) is 0 Å². The molecule has 3 heterocycles. The molecule has 4 heteroatoms. The number of nitrogens with one attached hydrogen (secondary N) is 1. The first-order valence-electron chi connectivity index (χ1n) is 6.42. The van der Waals surface area contributed by atoms with Crippen molar-refractivity contribution >= 4 is 0 Å². The van der Waals surface area contributed by atoms with Crippen LogP contribution in [0.5, 0.6) is 6.01 Å². The molecule has 2 aliphatic rings. The van der Waals surface area contributed by atoms with E-state index in [9.17, 15) is 0 Å². The molecule has 92 valence electrons. The average Bonchev–Trinajstić information content (AvgIpc) is 2.86. The number of hydrogen-bond acceptors (Lipinski definition) is 4. The highest BCUT2D eigenvalue weighted by molar-refractivity contribution is 5.11. The molecule has 1 aromatic heterocycles. The smallest absolute Gasteiger partial charge is 0.316 e. The summed E-state index contributed by atoms with van der Waals surface area (Å²) in [5.41, 5.74) is 1.94. The Balaban J connectivity index is 1.60. The molecule has 0 radical (unpaired) electrons. The Morgan fingerprint density at radius 2 is 2.06 bits per heavy atom. The molecule has 0 saturated carbocycles. The van der Waals surface area contributed by atoms with E-state index < -0.39 is 0 Å². The van der Waals surface area contributed by atoms with Crippen LogP contribution < -0.4 is 10.1 Å². The quantitative estimate of drug-likeness (QED) is 0.861. The number of rotatable bonds is 3. The van der Waals surface area contributed by atoms with Crippen molar-refractivity contribution in [1.29, 1.82) is 0 Å². The van der Waals surface area contributed by atoms with Crippen molar-refractivity contribution in [3.05, 3.63) is 17.5 Å². The van der Waals surface area contributed by atoms with E-state index in [-0.39, 0.29) is 0 Å². The molecule has 0 aliphatic carbocycles. The predicted molar refractivity (Wildman–Crippen MR) is 65.1 cm³/mol. The number of fused-ring (bicyclic) bond motifs is 2. The standard InChI is InChI=1S/C13H19N3O/c1-8-5-9(2)15-13(14-8)17-7-10-6-11-3-4-12(10)16-11/h5,10-12,16H,3-4,6-7H2,1-2H3. The van der Waals surface area contributed by atoms with Crippen LogP contribution in [-0.2, 0) is 0 Å². The van der Waals surface area contributed by atoms with Gasteiger partial charge in [-0.05, 0) is 39.2 Å². The maximum absolute atomic E-state index is 5.74. The van der Waals surface area contributed by atoms with Crippen LogP contribution in [0, 0.1) is 19.8 Å². The molecule has 17 heavy (non-hydrogen) atoms. The summed E-state index contributed by atoms with van der Waals surface area (Å²) in [6.07, 6.45) is 3.88. The van der Waals surface area contributed by atoms with Crippen molar-refractivity contribution in [3.8, 4) is 6.01 Å². The topological polar surface area (TPSA) is 47.0 Å². The van der Waals surface area contributed by atoms with Gasteiger partial charge in [0.05, 0.1) is 6.61 Å². The van der Waals surface area contributed by atoms with Crippen LogP contribution in [0.15, 0.2) is 6.07 Å². The van der Waals surface area contributed by atoms with Gasteiger partial charge in [-0.15, -0.1) is 0 Å². The molecule has 2 bridgehead atoms. The third-order valence-electron chi connectivity index (χ3n) is 3.82. The minimum Gasteiger partial charge on any atom is -0.463 e. The highest BCUT2D eigenvalue weighted by atomic mass is 16.5. The largest absolute Gasteiger partial charge is 0.463 e. The summed E-state index contributed by atoms with van der Waals surface area (Å²) in [6.45, 7) is 4.69. The van der Waals surface area contributed by atoms with Gasteiger partial charge in [-0.3, -0.25) is 0 Å². The first kappa shape index (κ1) is 11.0. The van der Waals surface area contributed by atoms with Gasteiger partial charge in [0.2, 0.25) is 0 Å². The molecule has 3 atom stereocenters. The Kier molecular flexibility index (Phi) is 2.74. The monoisotopic (exact) mass is 233 g/mol. The fraction of sp³-hybridized carbons (Fsp3) is 0.692. The number of aryl methyl sites for hydroxylation is 2. The van der Waals surface area contributed by atoms with Crippen LogP contribution in [0.3, 0.4) is 0 Å². The Bertz CT molecular complexity index is 401. The molecule has 0 amide bonds. The number of hydrogen-bond donors (Lipinski definition) is 1. The maximum Gasteiger partial charge on any atom is 0.316 e. The summed E-state index contributed by atoms with van der Waals surface area (Å²) in [5.74, 6) is 0.637. The third-order valence-corrected chi connectivity index (χ3v) is 3.82. The van der Waals surface area contributed by atoms with Crippen molar-refractivity contribution in [2.75, 3.05) is 6.61 Å². The van der Waals surface area contributed by atoms with Crippen molar-refractivity contribution in [2.45, 2.75) is 45.2 Å². The molecule has 3 unspecified atom stereocenters. The van der Waals surface area contributed by atoms with Gasteiger partial charge in [0.15, 0.2) is 0 Å². The summed E-state index contributed by atoms with van der Waals surface area (Å²) in [6, 6.07) is 3.89. The predicted octanol–water partition coefficient (Wildman–Crippen LogP) is 1.61. The third kappa shape index (κ3) is 2.27. The molecule has 2 saturated heterocycles. The molecule has 4 nitrogen and oxygen atoms in total. The molecular weight excluding hydrogens is 214 g/mol. The number of aromatic nitrogens is 2. The van der Waals surface area contributed by atoms with E-state index >= 15 is 0 Å². The summed E-state index contributed by atoms with van der Waals surface area (Å²) >= 11 is 0. The van der Waals surface area contributed by atoms with Crippen LogP contribution in [0.25, 0.3) is 0 Å². The van der Waals surface area contributed by atoms with Gasteiger partial charge < -0.3 is 10.1 Å². The van der Waals surface area contributed by atoms with Crippen molar-refractivity contribution in [2.24, 2.45) is 5.92 Å². The molecule has 0 aromatic carbocycles. The normalized spacial score (nSPS) is 30.8.